The lowest BCUT2D eigenvalue weighted by Gasteiger charge is -2.17. The molecule has 2 N–H and O–H groups in total. The van der Waals surface area contributed by atoms with Crippen LogP contribution in [0.2, 0.25) is 0 Å². The highest BCUT2D eigenvalue weighted by Crippen LogP contribution is 2.26. The van der Waals surface area contributed by atoms with Crippen molar-refractivity contribution in [2.75, 3.05) is 18.5 Å². The van der Waals surface area contributed by atoms with Crippen LogP contribution in [-0.4, -0.2) is 29.5 Å². The molecule has 0 bridgehead atoms. The fraction of sp³-hybridized carbons (Fsp3) is 0.278. The molecule has 1 aliphatic heterocycles. The normalized spacial score (nSPS) is 12.9. The second kappa shape index (κ2) is 8.18. The Morgan fingerprint density at radius 2 is 2.08 bits per heavy atom. The van der Waals surface area contributed by atoms with E-state index in [0.717, 1.165) is 15.7 Å². The summed E-state index contributed by atoms with van der Waals surface area (Å²) in [6.45, 7) is 0.594. The number of carbonyl (C=O) groups excluding carboxylic acids is 2. The topological polar surface area (TPSA) is 89.4 Å². The zero-order valence-corrected chi connectivity index (χ0v) is 15.5. The molecule has 2 heterocycles. The number of hydrogen-bond acceptors (Lipinski definition) is 4. The van der Waals surface area contributed by atoms with Crippen molar-refractivity contribution in [3.63, 3.8) is 0 Å². The number of halogens is 1. The Kier molecular flexibility index (Phi) is 5.72. The van der Waals surface area contributed by atoms with Crippen LogP contribution in [0.25, 0.3) is 0 Å². The highest BCUT2D eigenvalue weighted by Gasteiger charge is 2.15. The van der Waals surface area contributed by atoms with E-state index >= 15 is 0 Å². The molecule has 0 radical (unpaired) electrons. The highest BCUT2D eigenvalue weighted by molar-refractivity contribution is 9.10. The van der Waals surface area contributed by atoms with Crippen LogP contribution in [0, 0.1) is 0 Å². The van der Waals surface area contributed by atoms with E-state index in [1.54, 1.807) is 18.3 Å². The van der Waals surface area contributed by atoms with E-state index < -0.39 is 0 Å². The van der Waals surface area contributed by atoms with Crippen molar-refractivity contribution in [1.29, 1.82) is 0 Å². The number of pyridine rings is 1. The average Bonchev–Trinajstić information content (AvgIpc) is 2.62. The third-order valence-corrected chi connectivity index (χ3v) is 4.40. The number of hydrogen-bond donors (Lipinski definition) is 2. The Morgan fingerprint density at radius 3 is 2.92 bits per heavy atom. The van der Waals surface area contributed by atoms with Gasteiger partial charge in [-0.3, -0.25) is 14.4 Å². The quantitative estimate of drug-likeness (QED) is 0.697. The minimum Gasteiger partial charge on any atom is -0.492 e. The molecule has 0 fully saturated rings. The Morgan fingerprint density at radius 1 is 1.23 bits per heavy atom. The molecule has 7 nitrogen and oxygen atoms in total. The number of amides is 2. The van der Waals surface area contributed by atoms with Gasteiger partial charge in [0.15, 0.2) is 0 Å². The van der Waals surface area contributed by atoms with Gasteiger partial charge in [0.05, 0.1) is 6.54 Å². The maximum atomic E-state index is 11.9. The molecule has 1 aromatic carbocycles. The van der Waals surface area contributed by atoms with Gasteiger partial charge in [-0.1, -0.05) is 0 Å². The van der Waals surface area contributed by atoms with Gasteiger partial charge >= 0.3 is 0 Å². The minimum absolute atomic E-state index is 0.0263. The van der Waals surface area contributed by atoms with Crippen molar-refractivity contribution in [3.8, 4) is 5.75 Å². The number of nitrogens with zero attached hydrogens (tertiary/aromatic N) is 1. The first-order chi connectivity index (χ1) is 12.5. The van der Waals surface area contributed by atoms with Crippen LogP contribution in [0.15, 0.2) is 45.8 Å². The van der Waals surface area contributed by atoms with Crippen molar-refractivity contribution >= 4 is 33.4 Å². The monoisotopic (exact) mass is 419 g/mol. The second-order valence-electron chi connectivity index (χ2n) is 5.88. The fourth-order valence-corrected chi connectivity index (χ4v) is 3.02. The largest absolute Gasteiger partial charge is 0.492 e. The molecule has 2 aromatic rings. The van der Waals surface area contributed by atoms with Gasteiger partial charge in [-0.2, -0.15) is 0 Å². The van der Waals surface area contributed by atoms with Crippen LogP contribution in [0.1, 0.15) is 12.0 Å². The summed E-state index contributed by atoms with van der Waals surface area (Å²) in [6.07, 6.45) is 2.74. The molecule has 26 heavy (non-hydrogen) atoms. The van der Waals surface area contributed by atoms with Gasteiger partial charge in [-0.05, 0) is 52.2 Å². The van der Waals surface area contributed by atoms with E-state index in [0.29, 0.717) is 31.7 Å². The smallest absolute Gasteiger partial charge is 0.251 e. The lowest BCUT2D eigenvalue weighted by atomic mass is 10.0. The molecule has 0 aliphatic carbocycles. The first-order valence-corrected chi connectivity index (χ1v) is 8.99. The predicted molar refractivity (Wildman–Crippen MR) is 100 cm³/mol. The third-order valence-electron chi connectivity index (χ3n) is 3.93. The Labute approximate surface area is 158 Å². The third kappa shape index (κ3) is 4.72. The van der Waals surface area contributed by atoms with Crippen LogP contribution < -0.4 is 20.9 Å². The molecule has 1 aliphatic rings. The van der Waals surface area contributed by atoms with Crippen molar-refractivity contribution in [2.45, 2.75) is 19.4 Å². The molecule has 2 amide bonds. The summed E-state index contributed by atoms with van der Waals surface area (Å²) in [5, 5.41) is 5.54. The molecule has 1 aromatic heterocycles. The lowest BCUT2D eigenvalue weighted by Crippen LogP contribution is -2.34. The maximum absolute atomic E-state index is 11.9. The Bertz CT molecular complexity index is 894. The van der Waals surface area contributed by atoms with Gasteiger partial charge < -0.3 is 19.9 Å². The summed E-state index contributed by atoms with van der Waals surface area (Å²) < 4.78 is 7.70. The molecule has 0 saturated carbocycles. The van der Waals surface area contributed by atoms with Gasteiger partial charge in [0.1, 0.15) is 18.9 Å². The van der Waals surface area contributed by atoms with E-state index in [4.69, 9.17) is 4.74 Å². The predicted octanol–water partition coefficient (Wildman–Crippen LogP) is 1.69. The molecular weight excluding hydrogens is 402 g/mol. The number of nitrogens with one attached hydrogen (secondary N) is 2. The van der Waals surface area contributed by atoms with Gasteiger partial charge in [-0.15, -0.1) is 0 Å². The average molecular weight is 420 g/mol. The zero-order valence-electron chi connectivity index (χ0n) is 14.0. The van der Waals surface area contributed by atoms with Crippen LogP contribution in [0.4, 0.5) is 5.69 Å². The molecule has 0 unspecified atom stereocenters. The van der Waals surface area contributed by atoms with Gasteiger partial charge in [0, 0.05) is 28.8 Å². The molecule has 0 atom stereocenters. The van der Waals surface area contributed by atoms with Crippen molar-refractivity contribution in [2.24, 2.45) is 0 Å². The van der Waals surface area contributed by atoms with Crippen LogP contribution >= 0.6 is 15.9 Å². The molecular formula is C18H18BrN3O4. The molecule has 3 rings (SSSR count). The molecule has 0 saturated heterocycles. The first kappa shape index (κ1) is 18.2. The first-order valence-electron chi connectivity index (χ1n) is 8.19. The standard InChI is InChI=1S/C18H18BrN3O4/c19-13-2-6-18(25)22(10-13)11-17(24)20-7-8-26-14-3-4-15-12(9-14)1-5-16(23)21-15/h2-4,6,9-10H,1,5,7-8,11H2,(H,20,24)(H,21,23). The number of carbonyl (C=O) groups is 2. The zero-order chi connectivity index (χ0) is 18.5. The SMILES string of the molecule is O=C(Cn1cc(Br)ccc1=O)NCCOc1ccc2c(c1)CCC(=O)N2. The van der Waals surface area contributed by atoms with Gasteiger partial charge in [0.25, 0.3) is 5.56 Å². The van der Waals surface area contributed by atoms with Crippen LogP contribution in [0.3, 0.4) is 0 Å². The minimum atomic E-state index is -0.262. The second-order valence-corrected chi connectivity index (χ2v) is 6.79. The number of aryl methyl sites for hydroxylation is 1. The van der Waals surface area contributed by atoms with Crippen LogP contribution in [0.5, 0.6) is 5.75 Å². The van der Waals surface area contributed by atoms with E-state index in [-0.39, 0.29) is 23.9 Å². The molecule has 0 spiro atoms. The lowest BCUT2D eigenvalue weighted by molar-refractivity contribution is -0.121. The highest BCUT2D eigenvalue weighted by atomic mass is 79.9. The summed E-state index contributed by atoms with van der Waals surface area (Å²) in [6, 6.07) is 8.54. The Hall–Kier alpha value is -2.61. The summed E-state index contributed by atoms with van der Waals surface area (Å²) in [7, 11) is 0. The van der Waals surface area contributed by atoms with Crippen molar-refractivity contribution in [3.05, 3.63) is 56.9 Å². The van der Waals surface area contributed by atoms with E-state index in [9.17, 15) is 14.4 Å². The summed E-state index contributed by atoms with van der Waals surface area (Å²) in [5.41, 5.74) is 1.63. The fourth-order valence-electron chi connectivity index (χ4n) is 2.65. The summed E-state index contributed by atoms with van der Waals surface area (Å²) in [4.78, 5) is 34.9. The van der Waals surface area contributed by atoms with Gasteiger partial charge in [0.2, 0.25) is 11.8 Å². The number of aromatic nitrogens is 1. The number of rotatable bonds is 6. The van der Waals surface area contributed by atoms with Crippen LogP contribution in [-0.2, 0) is 22.6 Å². The van der Waals surface area contributed by atoms with E-state index in [1.807, 2.05) is 12.1 Å². The number of ether oxygens (including phenoxy) is 1. The van der Waals surface area contributed by atoms with Crippen molar-refractivity contribution < 1.29 is 14.3 Å². The summed E-state index contributed by atoms with van der Waals surface area (Å²) >= 11 is 3.27. The van der Waals surface area contributed by atoms with E-state index in [1.165, 1.54) is 10.6 Å². The molecule has 136 valence electrons. The van der Waals surface area contributed by atoms with Gasteiger partial charge in [-0.25, -0.2) is 0 Å². The maximum Gasteiger partial charge on any atom is 0.251 e. The number of anilines is 1. The number of benzene rings is 1. The van der Waals surface area contributed by atoms with E-state index in [2.05, 4.69) is 26.6 Å². The number of fused-ring (bicyclic) bond motifs is 1. The molecule has 8 heteroatoms. The Balaban J connectivity index is 1.45. The summed E-state index contributed by atoms with van der Waals surface area (Å²) in [5.74, 6) is 0.456. The van der Waals surface area contributed by atoms with Crippen molar-refractivity contribution in [1.82, 2.24) is 9.88 Å².